The number of hydrogen-bond acceptors (Lipinski definition) is 3. The summed E-state index contributed by atoms with van der Waals surface area (Å²) in [6.45, 7) is 0. The summed E-state index contributed by atoms with van der Waals surface area (Å²) in [6.07, 6.45) is 2.93. The minimum absolute atomic E-state index is 0.758. The smallest absolute Gasteiger partial charge is 0.181 e. The van der Waals surface area contributed by atoms with E-state index in [1.807, 2.05) is 18.2 Å². The van der Waals surface area contributed by atoms with Crippen LogP contribution in [-0.2, 0) is 5.75 Å². The molecule has 86 valence electrons. The van der Waals surface area contributed by atoms with Crippen LogP contribution in [-0.4, -0.2) is 4.20 Å². The molecule has 1 heterocycles. The van der Waals surface area contributed by atoms with Gasteiger partial charge in [-0.3, -0.25) is 0 Å². The normalized spacial score (nSPS) is 10.1. The summed E-state index contributed by atoms with van der Waals surface area (Å²) in [5.41, 5.74) is 2.17. The topological polar surface area (TPSA) is 26.9 Å². The molecule has 0 saturated carbocycles. The Labute approximate surface area is 110 Å². The minimum atomic E-state index is 0.758. The largest absolute Gasteiger partial charge is 0.619 e. The van der Waals surface area contributed by atoms with Crippen molar-refractivity contribution in [3.05, 3.63) is 71.2 Å². The molecule has 0 atom stereocenters. The molecule has 2 nitrogen and oxygen atoms in total. The Kier molecular flexibility index (Phi) is 4.12. The third-order valence-corrected chi connectivity index (χ3v) is 3.82. The van der Waals surface area contributed by atoms with Crippen LogP contribution in [0.25, 0.3) is 0 Å². The van der Waals surface area contributed by atoms with Crippen LogP contribution in [0.2, 0.25) is 0 Å². The molecule has 2 rings (SSSR count). The zero-order valence-electron chi connectivity index (χ0n) is 9.08. The van der Waals surface area contributed by atoms with Crippen molar-refractivity contribution in [3.8, 4) is 0 Å². The van der Waals surface area contributed by atoms with Crippen LogP contribution in [0.15, 0.2) is 54.9 Å². The number of rotatable bonds is 3. The van der Waals surface area contributed by atoms with Crippen LogP contribution in [0, 0.1) is 5.21 Å². The minimum Gasteiger partial charge on any atom is -0.619 e. The van der Waals surface area contributed by atoms with Crippen molar-refractivity contribution in [1.82, 2.24) is 0 Å². The number of thioether (sulfide) groups is 1. The Morgan fingerprint density at radius 3 is 2.41 bits per heavy atom. The highest BCUT2D eigenvalue weighted by Crippen LogP contribution is 2.18. The second kappa shape index (κ2) is 5.80. The molecule has 0 aliphatic rings. The summed E-state index contributed by atoms with van der Waals surface area (Å²) in [7, 11) is 0. The third kappa shape index (κ3) is 3.54. The molecule has 1 aromatic heterocycles. The van der Waals surface area contributed by atoms with E-state index in [0.29, 0.717) is 0 Å². The van der Waals surface area contributed by atoms with E-state index in [1.165, 1.54) is 18.0 Å². The van der Waals surface area contributed by atoms with E-state index < -0.39 is 0 Å². The van der Waals surface area contributed by atoms with Gasteiger partial charge < -0.3 is 5.21 Å². The lowest BCUT2D eigenvalue weighted by atomic mass is 10.2. The maximum atomic E-state index is 10.9. The quantitative estimate of drug-likeness (QED) is 0.483. The predicted molar refractivity (Wildman–Crippen MR) is 74.8 cm³/mol. The molecule has 0 radical (unpaired) electrons. The fraction of sp³-hybridized carbons (Fsp3) is 0.0769. The highest BCUT2D eigenvalue weighted by Gasteiger charge is 2.03. The zero-order valence-corrected chi connectivity index (χ0v) is 10.7. The SMILES string of the molecule is [O-][n+]1ccc(C(=S)SCc2ccccc2)cc1. The Morgan fingerprint density at radius 2 is 1.76 bits per heavy atom. The van der Waals surface area contributed by atoms with Crippen molar-refractivity contribution in [2.45, 2.75) is 5.75 Å². The first kappa shape index (κ1) is 12.1. The number of benzene rings is 1. The van der Waals surface area contributed by atoms with Gasteiger partial charge in [-0.1, -0.05) is 42.5 Å². The molecule has 1 aromatic carbocycles. The molecular weight excluding hydrogens is 250 g/mol. The summed E-state index contributed by atoms with van der Waals surface area (Å²) in [5, 5.41) is 10.9. The van der Waals surface area contributed by atoms with Gasteiger partial charge in [0.25, 0.3) is 0 Å². The van der Waals surface area contributed by atoms with Gasteiger partial charge in [-0.25, -0.2) is 0 Å². The lowest BCUT2D eigenvalue weighted by molar-refractivity contribution is -0.605. The van der Waals surface area contributed by atoms with Crippen LogP contribution in [0.4, 0.5) is 0 Å². The lowest BCUT2D eigenvalue weighted by Crippen LogP contribution is -2.24. The van der Waals surface area contributed by atoms with Gasteiger partial charge in [0, 0.05) is 23.4 Å². The number of pyridine rings is 1. The highest BCUT2D eigenvalue weighted by molar-refractivity contribution is 8.23. The Morgan fingerprint density at radius 1 is 1.12 bits per heavy atom. The van der Waals surface area contributed by atoms with E-state index >= 15 is 0 Å². The Bertz CT molecular complexity index is 497. The molecule has 0 aliphatic heterocycles. The molecule has 0 fully saturated rings. The molecule has 0 unspecified atom stereocenters. The predicted octanol–water partition coefficient (Wildman–Crippen LogP) is 2.93. The average Bonchev–Trinajstić information content (AvgIpc) is 2.38. The first-order valence-electron chi connectivity index (χ1n) is 5.15. The van der Waals surface area contributed by atoms with Gasteiger partial charge in [0.15, 0.2) is 12.4 Å². The average molecular weight is 261 g/mol. The van der Waals surface area contributed by atoms with E-state index in [-0.39, 0.29) is 0 Å². The van der Waals surface area contributed by atoms with Crippen molar-refractivity contribution in [1.29, 1.82) is 0 Å². The van der Waals surface area contributed by atoms with Crippen molar-refractivity contribution < 1.29 is 4.73 Å². The summed E-state index contributed by atoms with van der Waals surface area (Å²) in [5.74, 6) is 0.853. The summed E-state index contributed by atoms with van der Waals surface area (Å²) >= 11 is 6.92. The van der Waals surface area contributed by atoms with E-state index in [4.69, 9.17) is 12.2 Å². The van der Waals surface area contributed by atoms with Gasteiger partial charge >= 0.3 is 0 Å². The molecule has 0 amide bonds. The maximum Gasteiger partial charge on any atom is 0.181 e. The van der Waals surface area contributed by atoms with Crippen molar-refractivity contribution >= 4 is 28.2 Å². The van der Waals surface area contributed by atoms with Crippen molar-refractivity contribution in [2.75, 3.05) is 0 Å². The van der Waals surface area contributed by atoms with E-state index in [2.05, 4.69) is 12.1 Å². The van der Waals surface area contributed by atoms with E-state index in [1.54, 1.807) is 23.9 Å². The van der Waals surface area contributed by atoms with E-state index in [0.717, 1.165) is 20.2 Å². The zero-order chi connectivity index (χ0) is 12.1. The molecule has 0 aliphatic carbocycles. The number of aromatic nitrogens is 1. The fourth-order valence-corrected chi connectivity index (χ4v) is 2.46. The molecule has 0 saturated heterocycles. The van der Waals surface area contributed by atoms with Crippen molar-refractivity contribution in [2.24, 2.45) is 0 Å². The number of hydrogen-bond donors (Lipinski definition) is 0. The van der Waals surface area contributed by atoms with Crippen LogP contribution in [0.3, 0.4) is 0 Å². The number of thiocarbonyl (C=S) groups is 1. The molecule has 4 heteroatoms. The van der Waals surface area contributed by atoms with Gasteiger partial charge in [0.1, 0.15) is 0 Å². The first-order chi connectivity index (χ1) is 8.25. The van der Waals surface area contributed by atoms with Gasteiger partial charge in [-0.15, -0.1) is 11.8 Å². The fourth-order valence-electron chi connectivity index (χ4n) is 1.36. The molecule has 2 aromatic rings. The molecular formula is C13H11NOS2. The lowest BCUT2D eigenvalue weighted by Gasteiger charge is -2.03. The van der Waals surface area contributed by atoms with Crippen LogP contribution < -0.4 is 4.73 Å². The standard InChI is InChI=1S/C13H11NOS2/c15-14-8-6-12(7-9-14)13(16)17-10-11-4-2-1-3-5-11/h1-9H,10H2. The van der Waals surface area contributed by atoms with Gasteiger partial charge in [0.05, 0.1) is 4.20 Å². The summed E-state index contributed by atoms with van der Waals surface area (Å²) in [4.78, 5) is 0. The molecule has 0 N–H and O–H groups in total. The highest BCUT2D eigenvalue weighted by atomic mass is 32.2. The van der Waals surface area contributed by atoms with Crippen molar-refractivity contribution in [3.63, 3.8) is 0 Å². The maximum absolute atomic E-state index is 10.9. The Balaban J connectivity index is 1.96. The second-order valence-corrected chi connectivity index (χ2v) is 5.16. The first-order valence-corrected chi connectivity index (χ1v) is 6.55. The van der Waals surface area contributed by atoms with Crippen LogP contribution in [0.1, 0.15) is 11.1 Å². The number of nitrogens with zero attached hydrogens (tertiary/aromatic N) is 1. The van der Waals surface area contributed by atoms with E-state index in [9.17, 15) is 5.21 Å². The third-order valence-electron chi connectivity index (χ3n) is 2.25. The van der Waals surface area contributed by atoms with Crippen LogP contribution in [0.5, 0.6) is 0 Å². The molecule has 17 heavy (non-hydrogen) atoms. The monoisotopic (exact) mass is 261 g/mol. The molecule has 0 spiro atoms. The summed E-state index contributed by atoms with van der Waals surface area (Å²) in [6, 6.07) is 13.7. The summed E-state index contributed by atoms with van der Waals surface area (Å²) < 4.78 is 1.57. The van der Waals surface area contributed by atoms with Crippen LogP contribution >= 0.6 is 24.0 Å². The molecule has 0 bridgehead atoms. The van der Waals surface area contributed by atoms with Gasteiger partial charge in [-0.05, 0) is 5.56 Å². The van der Waals surface area contributed by atoms with Gasteiger partial charge in [0.2, 0.25) is 0 Å². The Hall–Kier alpha value is -1.39. The second-order valence-electron chi connectivity index (χ2n) is 3.51. The van der Waals surface area contributed by atoms with Gasteiger partial charge in [-0.2, -0.15) is 4.73 Å².